The zero-order chi connectivity index (χ0) is 10.1. The van der Waals surface area contributed by atoms with Crippen LogP contribution in [-0.4, -0.2) is 11.7 Å². The highest BCUT2D eigenvalue weighted by molar-refractivity contribution is 9.08. The van der Waals surface area contributed by atoms with E-state index in [0.29, 0.717) is 3.33 Å². The molecule has 0 saturated heterocycles. The van der Waals surface area contributed by atoms with E-state index in [1.165, 1.54) is 18.2 Å². The molecule has 0 atom stereocenters. The van der Waals surface area contributed by atoms with E-state index in [1.807, 2.05) is 0 Å². The van der Waals surface area contributed by atoms with Crippen molar-refractivity contribution < 1.29 is 12.8 Å². The fourth-order valence-electron chi connectivity index (χ4n) is 0.761. The number of sulfonamides is 1. The molecule has 0 heterocycles. The molecule has 0 aliphatic carbocycles. The maximum Gasteiger partial charge on any atom is 0.255 e. The van der Waals surface area contributed by atoms with Crippen LogP contribution in [0.2, 0.25) is 0 Å². The van der Waals surface area contributed by atoms with Gasteiger partial charge in [0.05, 0.1) is 0 Å². The molecule has 6 heteroatoms. The van der Waals surface area contributed by atoms with Crippen LogP contribution >= 0.6 is 16.1 Å². The number of nitrogens with zero attached hydrogens (tertiary/aromatic N) is 1. The van der Waals surface area contributed by atoms with E-state index in [4.69, 9.17) is 0 Å². The third-order valence-corrected chi connectivity index (χ3v) is 3.93. The molecule has 0 fully saturated rings. The average Bonchev–Trinajstić information content (AvgIpc) is 2.04. The lowest BCUT2D eigenvalue weighted by Gasteiger charge is -2.08. The van der Waals surface area contributed by atoms with Crippen LogP contribution in [0.15, 0.2) is 29.2 Å². The van der Waals surface area contributed by atoms with Crippen molar-refractivity contribution in [2.24, 2.45) is 0 Å². The Balaban J connectivity index is 3.32. The Kier molecular flexibility index (Phi) is 3.05. The summed E-state index contributed by atoms with van der Waals surface area (Å²) in [6.45, 7) is 0. The van der Waals surface area contributed by atoms with Crippen molar-refractivity contribution in [1.29, 1.82) is 0 Å². The van der Waals surface area contributed by atoms with Crippen molar-refractivity contribution >= 4 is 26.2 Å². The van der Waals surface area contributed by atoms with Crippen molar-refractivity contribution in [1.82, 2.24) is 3.33 Å². The number of halogens is 2. The highest BCUT2D eigenvalue weighted by Crippen LogP contribution is 2.20. The molecule has 0 amide bonds. The van der Waals surface area contributed by atoms with Crippen LogP contribution in [0.3, 0.4) is 0 Å². The average molecular weight is 267 g/mol. The maximum absolute atomic E-state index is 13.0. The van der Waals surface area contributed by atoms with Gasteiger partial charge in [0, 0.05) is 23.2 Å². The van der Waals surface area contributed by atoms with Gasteiger partial charge in [-0.1, -0.05) is 12.1 Å². The monoisotopic (exact) mass is 266 g/mol. The molecule has 0 aliphatic heterocycles. The van der Waals surface area contributed by atoms with Gasteiger partial charge in [-0.3, -0.25) is 0 Å². The lowest BCUT2D eigenvalue weighted by Crippen LogP contribution is -2.15. The van der Waals surface area contributed by atoms with Crippen molar-refractivity contribution in [3.05, 3.63) is 37.1 Å². The van der Waals surface area contributed by atoms with Gasteiger partial charge in [-0.25, -0.2) is 12.8 Å². The van der Waals surface area contributed by atoms with Gasteiger partial charge in [0.1, 0.15) is 10.7 Å². The minimum absolute atomic E-state index is 0.401. The van der Waals surface area contributed by atoms with Gasteiger partial charge in [0.2, 0.25) is 0 Å². The smallest absolute Gasteiger partial charge is 0.206 e. The Labute approximate surface area is 84.6 Å². The lowest BCUT2D eigenvalue weighted by molar-refractivity contribution is 0.550. The molecule has 0 bridgehead atoms. The maximum atomic E-state index is 13.0. The predicted octanol–water partition coefficient (Wildman–Crippen LogP) is 1.92. The van der Waals surface area contributed by atoms with Crippen LogP contribution in [0.25, 0.3) is 0 Å². The topological polar surface area (TPSA) is 37.4 Å². The molecule has 0 spiro atoms. The molecule has 1 aromatic carbocycles. The fourth-order valence-corrected chi connectivity index (χ4v) is 2.01. The highest BCUT2D eigenvalue weighted by atomic mass is 79.9. The molecule has 0 unspecified atom stereocenters. The summed E-state index contributed by atoms with van der Waals surface area (Å²) in [5, 5.41) is 0. The van der Waals surface area contributed by atoms with Crippen LogP contribution in [-0.2, 0) is 10.0 Å². The molecule has 0 aromatic heterocycles. The molecule has 1 radical (unpaired) electrons. The first kappa shape index (κ1) is 10.6. The van der Waals surface area contributed by atoms with Gasteiger partial charge < -0.3 is 0 Å². The highest BCUT2D eigenvalue weighted by Gasteiger charge is 2.21. The largest absolute Gasteiger partial charge is 0.255 e. The van der Waals surface area contributed by atoms with E-state index in [9.17, 15) is 12.8 Å². The molecule has 0 saturated carbocycles. The van der Waals surface area contributed by atoms with Crippen LogP contribution in [0, 0.1) is 12.9 Å². The Morgan fingerprint density at radius 3 is 2.38 bits per heavy atom. The zero-order valence-corrected chi connectivity index (χ0v) is 8.85. The number of hydrogen-bond acceptors (Lipinski definition) is 2. The van der Waals surface area contributed by atoms with Gasteiger partial charge >= 0.3 is 0 Å². The van der Waals surface area contributed by atoms with Gasteiger partial charge in [0.25, 0.3) is 10.0 Å². The van der Waals surface area contributed by atoms with Crippen LogP contribution < -0.4 is 0 Å². The SMILES string of the molecule is [CH2]N(Br)S(=O)(=O)c1ccccc1F. The summed E-state index contributed by atoms with van der Waals surface area (Å²) in [4.78, 5) is -0.401. The normalized spacial score (nSPS) is 12.0. The summed E-state index contributed by atoms with van der Waals surface area (Å²) in [5.74, 6) is -0.796. The number of benzene rings is 1. The Hall–Kier alpha value is -0.460. The Morgan fingerprint density at radius 1 is 1.38 bits per heavy atom. The van der Waals surface area contributed by atoms with Crippen LogP contribution in [0.1, 0.15) is 0 Å². The van der Waals surface area contributed by atoms with Gasteiger partial charge in [-0.2, -0.15) is 0 Å². The Morgan fingerprint density at radius 2 is 1.92 bits per heavy atom. The standard InChI is InChI=1S/C7H6BrFNO2S/c1-10(8)13(11,12)7-5-3-2-4-6(7)9/h2-5H,1H2. The molecule has 13 heavy (non-hydrogen) atoms. The van der Waals surface area contributed by atoms with Crippen LogP contribution in [0.4, 0.5) is 4.39 Å². The van der Waals surface area contributed by atoms with Crippen LogP contribution in [0.5, 0.6) is 0 Å². The van der Waals surface area contributed by atoms with Crippen molar-refractivity contribution in [3.63, 3.8) is 0 Å². The van der Waals surface area contributed by atoms with E-state index in [-0.39, 0.29) is 0 Å². The second kappa shape index (κ2) is 3.73. The molecular weight excluding hydrogens is 261 g/mol. The summed E-state index contributed by atoms with van der Waals surface area (Å²) in [6, 6.07) is 5.09. The van der Waals surface area contributed by atoms with E-state index >= 15 is 0 Å². The molecule has 71 valence electrons. The first-order valence-electron chi connectivity index (χ1n) is 3.22. The Bertz CT molecular complexity index is 405. The summed E-state index contributed by atoms with van der Waals surface area (Å²) < 4.78 is 36.2. The van der Waals surface area contributed by atoms with Gasteiger partial charge in [-0.15, -0.1) is 3.33 Å². The number of hydrogen-bond donors (Lipinski definition) is 0. The summed E-state index contributed by atoms with van der Waals surface area (Å²) >= 11 is 2.63. The third-order valence-electron chi connectivity index (χ3n) is 1.38. The molecule has 0 aliphatic rings. The molecular formula is C7H6BrFNO2S. The minimum Gasteiger partial charge on any atom is -0.206 e. The predicted molar refractivity (Wildman–Crippen MR) is 49.7 cm³/mol. The second-order valence-corrected chi connectivity index (χ2v) is 5.38. The minimum atomic E-state index is -3.84. The van der Waals surface area contributed by atoms with Gasteiger partial charge in [0.15, 0.2) is 0 Å². The molecule has 1 rings (SSSR count). The zero-order valence-electron chi connectivity index (χ0n) is 6.44. The lowest BCUT2D eigenvalue weighted by atomic mass is 10.4. The van der Waals surface area contributed by atoms with Gasteiger partial charge in [-0.05, 0) is 12.1 Å². The van der Waals surface area contributed by atoms with Crippen molar-refractivity contribution in [2.45, 2.75) is 4.90 Å². The molecule has 0 N–H and O–H groups in total. The van der Waals surface area contributed by atoms with E-state index in [1.54, 1.807) is 0 Å². The van der Waals surface area contributed by atoms with E-state index in [2.05, 4.69) is 23.2 Å². The van der Waals surface area contributed by atoms with E-state index < -0.39 is 20.7 Å². The summed E-state index contributed by atoms with van der Waals surface area (Å²) in [7, 11) is -0.721. The molecule has 3 nitrogen and oxygen atoms in total. The third kappa shape index (κ3) is 2.07. The van der Waals surface area contributed by atoms with E-state index in [0.717, 1.165) is 6.07 Å². The fraction of sp³-hybridized carbons (Fsp3) is 0. The van der Waals surface area contributed by atoms with Crippen molar-refractivity contribution in [3.8, 4) is 0 Å². The summed E-state index contributed by atoms with van der Waals surface area (Å²) in [5.41, 5.74) is 0. The summed E-state index contributed by atoms with van der Waals surface area (Å²) in [6.07, 6.45) is 0. The first-order chi connectivity index (χ1) is 5.96. The second-order valence-electron chi connectivity index (χ2n) is 2.22. The van der Waals surface area contributed by atoms with Crippen molar-refractivity contribution in [2.75, 3.05) is 0 Å². The molecule has 1 aromatic rings. The quantitative estimate of drug-likeness (QED) is 0.768. The number of rotatable bonds is 2. The first-order valence-corrected chi connectivity index (χ1v) is 5.37.